The molecular formula is C24H30FN3O5. The van der Waals surface area contributed by atoms with Crippen molar-refractivity contribution in [3.8, 4) is 11.5 Å². The molecule has 0 saturated carbocycles. The van der Waals surface area contributed by atoms with Crippen LogP contribution in [-0.4, -0.2) is 58.4 Å². The maximum atomic E-state index is 14.7. The molecule has 178 valence electrons. The zero-order valence-electron chi connectivity index (χ0n) is 19.3. The summed E-state index contributed by atoms with van der Waals surface area (Å²) in [7, 11) is 2.98. The number of halogens is 1. The maximum Gasteiger partial charge on any atom is 0.252 e. The normalized spacial score (nSPS) is 14.5. The van der Waals surface area contributed by atoms with Crippen molar-refractivity contribution in [2.24, 2.45) is 5.92 Å². The van der Waals surface area contributed by atoms with Gasteiger partial charge in [-0.3, -0.25) is 9.59 Å². The summed E-state index contributed by atoms with van der Waals surface area (Å²) >= 11 is 0. The molecule has 2 aromatic rings. The van der Waals surface area contributed by atoms with Crippen molar-refractivity contribution in [2.75, 3.05) is 50.7 Å². The molecule has 1 fully saturated rings. The van der Waals surface area contributed by atoms with E-state index in [1.165, 1.54) is 20.3 Å². The van der Waals surface area contributed by atoms with Crippen molar-refractivity contribution in [3.05, 3.63) is 47.8 Å². The number of hydrogen-bond acceptors (Lipinski definition) is 6. The van der Waals surface area contributed by atoms with Crippen LogP contribution in [0.4, 0.5) is 15.8 Å². The van der Waals surface area contributed by atoms with Crippen LogP contribution < -0.4 is 25.0 Å². The van der Waals surface area contributed by atoms with E-state index in [1.54, 1.807) is 30.3 Å². The fourth-order valence-electron chi connectivity index (χ4n) is 3.56. The van der Waals surface area contributed by atoms with Crippen LogP contribution in [0.5, 0.6) is 11.5 Å². The highest BCUT2D eigenvalue weighted by Crippen LogP contribution is 2.25. The fraction of sp³-hybridized carbons (Fsp3) is 0.417. The summed E-state index contributed by atoms with van der Waals surface area (Å²) in [6.45, 7) is 5.95. The molecule has 1 atom stereocenters. The number of ether oxygens (including phenoxy) is 3. The number of methoxy groups -OCH3 is 2. The predicted octanol–water partition coefficient (Wildman–Crippen LogP) is 3.07. The van der Waals surface area contributed by atoms with E-state index >= 15 is 0 Å². The zero-order chi connectivity index (χ0) is 24.0. The average molecular weight is 460 g/mol. The first kappa shape index (κ1) is 24.3. The van der Waals surface area contributed by atoms with E-state index in [0.717, 1.165) is 0 Å². The van der Waals surface area contributed by atoms with E-state index in [1.807, 2.05) is 18.7 Å². The molecule has 0 bridgehead atoms. The van der Waals surface area contributed by atoms with Gasteiger partial charge in [-0.25, -0.2) is 4.39 Å². The Kier molecular flexibility index (Phi) is 8.11. The molecule has 8 nitrogen and oxygen atoms in total. The van der Waals surface area contributed by atoms with Crippen LogP contribution in [0.2, 0.25) is 0 Å². The highest BCUT2D eigenvalue weighted by atomic mass is 19.1. The Morgan fingerprint density at radius 3 is 2.21 bits per heavy atom. The van der Waals surface area contributed by atoms with Crippen LogP contribution in [0.3, 0.4) is 0 Å². The predicted molar refractivity (Wildman–Crippen MR) is 124 cm³/mol. The standard InChI is InChI=1S/C24H30FN3O5/c1-15(2)22(27-23(29)16-11-18(31-3)14-19(12-16)32-4)24(30)26-17-5-6-21(20(25)13-17)28-7-9-33-10-8-28/h5-6,11-15,22H,7-10H2,1-4H3,(H,26,30)(H,27,29). The number of rotatable bonds is 8. The number of hydrogen-bond donors (Lipinski definition) is 2. The van der Waals surface area contributed by atoms with Crippen molar-refractivity contribution in [2.45, 2.75) is 19.9 Å². The Hall–Kier alpha value is -3.33. The smallest absolute Gasteiger partial charge is 0.252 e. The van der Waals surface area contributed by atoms with Gasteiger partial charge in [0.15, 0.2) is 0 Å². The quantitative estimate of drug-likeness (QED) is 0.631. The number of carbonyl (C=O) groups is 2. The van der Waals surface area contributed by atoms with Crippen molar-refractivity contribution >= 4 is 23.2 Å². The average Bonchev–Trinajstić information content (AvgIpc) is 2.82. The highest BCUT2D eigenvalue weighted by Gasteiger charge is 2.26. The molecule has 1 aliphatic rings. The minimum absolute atomic E-state index is 0.209. The number of carbonyl (C=O) groups excluding carboxylic acids is 2. The molecule has 0 spiro atoms. The second-order valence-corrected chi connectivity index (χ2v) is 8.05. The molecule has 2 aromatic carbocycles. The molecule has 1 unspecified atom stereocenters. The van der Waals surface area contributed by atoms with Gasteiger partial charge in [0.1, 0.15) is 23.4 Å². The van der Waals surface area contributed by atoms with Gasteiger partial charge in [-0.1, -0.05) is 13.8 Å². The van der Waals surface area contributed by atoms with Crippen molar-refractivity contribution in [1.82, 2.24) is 5.32 Å². The highest BCUT2D eigenvalue weighted by molar-refractivity contribution is 6.01. The number of anilines is 2. The minimum Gasteiger partial charge on any atom is -0.497 e. The maximum absolute atomic E-state index is 14.7. The van der Waals surface area contributed by atoms with Gasteiger partial charge in [-0.15, -0.1) is 0 Å². The van der Waals surface area contributed by atoms with Gasteiger partial charge in [-0.05, 0) is 36.2 Å². The van der Waals surface area contributed by atoms with E-state index in [9.17, 15) is 14.0 Å². The molecule has 1 saturated heterocycles. The Morgan fingerprint density at radius 2 is 1.67 bits per heavy atom. The van der Waals surface area contributed by atoms with Gasteiger partial charge >= 0.3 is 0 Å². The fourth-order valence-corrected chi connectivity index (χ4v) is 3.56. The minimum atomic E-state index is -0.836. The molecule has 0 radical (unpaired) electrons. The molecule has 1 heterocycles. The van der Waals surface area contributed by atoms with Gasteiger partial charge in [0.05, 0.1) is 33.1 Å². The van der Waals surface area contributed by atoms with E-state index in [0.29, 0.717) is 54.7 Å². The van der Waals surface area contributed by atoms with Crippen LogP contribution in [0.25, 0.3) is 0 Å². The first-order chi connectivity index (χ1) is 15.8. The second-order valence-electron chi connectivity index (χ2n) is 8.05. The number of nitrogens with zero attached hydrogens (tertiary/aromatic N) is 1. The van der Waals surface area contributed by atoms with Crippen LogP contribution in [-0.2, 0) is 9.53 Å². The summed E-state index contributed by atoms with van der Waals surface area (Å²) in [5.41, 5.74) is 1.08. The number of amides is 2. The van der Waals surface area contributed by atoms with Crippen LogP contribution in [0.1, 0.15) is 24.2 Å². The Morgan fingerprint density at radius 1 is 1.03 bits per heavy atom. The second kappa shape index (κ2) is 11.0. The molecule has 0 aromatic heterocycles. The van der Waals surface area contributed by atoms with Crippen LogP contribution >= 0.6 is 0 Å². The van der Waals surface area contributed by atoms with Crippen molar-refractivity contribution in [1.29, 1.82) is 0 Å². The molecule has 2 amide bonds. The lowest BCUT2D eigenvalue weighted by molar-refractivity contribution is -0.118. The Labute approximate surface area is 193 Å². The molecule has 2 N–H and O–H groups in total. The van der Waals surface area contributed by atoms with Gasteiger partial charge in [-0.2, -0.15) is 0 Å². The summed E-state index contributed by atoms with van der Waals surface area (Å²) in [4.78, 5) is 27.7. The van der Waals surface area contributed by atoms with Crippen molar-refractivity contribution in [3.63, 3.8) is 0 Å². The Bertz CT molecular complexity index is 970. The van der Waals surface area contributed by atoms with Crippen LogP contribution in [0, 0.1) is 11.7 Å². The number of nitrogens with one attached hydrogen (secondary N) is 2. The summed E-state index contributed by atoms with van der Waals surface area (Å²) < 4.78 is 30.4. The summed E-state index contributed by atoms with van der Waals surface area (Å²) in [5, 5.41) is 5.47. The molecule has 3 rings (SSSR count). The first-order valence-corrected chi connectivity index (χ1v) is 10.8. The van der Waals surface area contributed by atoms with Crippen LogP contribution in [0.15, 0.2) is 36.4 Å². The lowest BCUT2D eigenvalue weighted by atomic mass is 10.0. The third kappa shape index (κ3) is 6.13. The molecule has 1 aliphatic heterocycles. The van der Waals surface area contributed by atoms with Gasteiger partial charge in [0.25, 0.3) is 5.91 Å². The lowest BCUT2D eigenvalue weighted by Gasteiger charge is -2.29. The summed E-state index contributed by atoms with van der Waals surface area (Å²) in [6, 6.07) is 8.52. The third-order valence-corrected chi connectivity index (χ3v) is 5.42. The SMILES string of the molecule is COc1cc(OC)cc(C(=O)NC(C(=O)Nc2ccc(N3CCOCC3)c(F)c2)C(C)C)c1. The molecule has 9 heteroatoms. The first-order valence-electron chi connectivity index (χ1n) is 10.8. The van der Waals surface area contributed by atoms with E-state index < -0.39 is 23.7 Å². The third-order valence-electron chi connectivity index (χ3n) is 5.42. The molecule has 33 heavy (non-hydrogen) atoms. The van der Waals surface area contributed by atoms with E-state index in [-0.39, 0.29) is 5.92 Å². The molecule has 0 aliphatic carbocycles. The topological polar surface area (TPSA) is 89.1 Å². The molecular weight excluding hydrogens is 429 g/mol. The summed E-state index contributed by atoms with van der Waals surface area (Å²) in [5.74, 6) is -0.606. The number of morpholine rings is 1. The Balaban J connectivity index is 1.71. The lowest BCUT2D eigenvalue weighted by Crippen LogP contribution is -2.47. The van der Waals surface area contributed by atoms with Gasteiger partial charge in [0, 0.05) is 30.4 Å². The number of benzene rings is 2. The van der Waals surface area contributed by atoms with Gasteiger partial charge in [0.2, 0.25) is 5.91 Å². The van der Waals surface area contributed by atoms with E-state index in [2.05, 4.69) is 10.6 Å². The van der Waals surface area contributed by atoms with E-state index in [4.69, 9.17) is 14.2 Å². The largest absolute Gasteiger partial charge is 0.497 e. The zero-order valence-corrected chi connectivity index (χ0v) is 19.3. The monoisotopic (exact) mass is 459 g/mol. The van der Waals surface area contributed by atoms with Gasteiger partial charge < -0.3 is 29.7 Å². The summed E-state index contributed by atoms with van der Waals surface area (Å²) in [6.07, 6.45) is 0. The van der Waals surface area contributed by atoms with Crippen molar-refractivity contribution < 1.29 is 28.2 Å².